The van der Waals surface area contributed by atoms with Gasteiger partial charge in [0.1, 0.15) is 0 Å². The van der Waals surface area contributed by atoms with Crippen LogP contribution in [0.4, 0.5) is 0 Å². The zero-order chi connectivity index (χ0) is 21.5. The van der Waals surface area contributed by atoms with Gasteiger partial charge in [-0.2, -0.15) is 0 Å². The van der Waals surface area contributed by atoms with Gasteiger partial charge in [0, 0.05) is 5.04 Å². The van der Waals surface area contributed by atoms with Gasteiger partial charge in [0.25, 0.3) is 0 Å². The van der Waals surface area contributed by atoms with E-state index in [0.29, 0.717) is 0 Å². The van der Waals surface area contributed by atoms with E-state index < -0.39 is 8.07 Å². The topological polar surface area (TPSA) is 0 Å². The minimum absolute atomic E-state index is 0.0393. The van der Waals surface area contributed by atoms with Crippen LogP contribution in [0.25, 0.3) is 0 Å². The lowest BCUT2D eigenvalue weighted by Crippen LogP contribution is -2.73. The molecule has 152 valence electrons. The van der Waals surface area contributed by atoms with Gasteiger partial charge in [0.05, 0.1) is 0 Å². The molecular formula is C29H32Si. The van der Waals surface area contributed by atoms with Crippen molar-refractivity contribution in [3.8, 4) is 0 Å². The zero-order valence-corrected chi connectivity index (χ0v) is 20.1. The maximum atomic E-state index is 2.58. The molecule has 3 aromatic rings. The summed E-state index contributed by atoms with van der Waals surface area (Å²) in [5, 5.41) is 4.44. The van der Waals surface area contributed by atoms with Crippen molar-refractivity contribution in [3.63, 3.8) is 0 Å². The lowest BCUT2D eigenvalue weighted by atomic mass is 10.0. The molecule has 0 heterocycles. The Labute approximate surface area is 183 Å². The number of rotatable bonds is 4. The predicted molar refractivity (Wildman–Crippen MR) is 134 cm³/mol. The Hall–Kier alpha value is -2.64. The van der Waals surface area contributed by atoms with Gasteiger partial charge in [-0.1, -0.05) is 103 Å². The molecule has 1 aliphatic rings. The second kappa shape index (κ2) is 7.56. The summed E-state index contributed by atoms with van der Waals surface area (Å²) < 4.78 is 0. The summed E-state index contributed by atoms with van der Waals surface area (Å²) in [6.07, 6.45) is 2.58. The number of allylic oxidation sites excluding steroid dienone is 4. The first-order valence-corrected chi connectivity index (χ1v) is 12.9. The van der Waals surface area contributed by atoms with Crippen LogP contribution in [0.1, 0.15) is 38.8 Å². The van der Waals surface area contributed by atoms with Crippen LogP contribution >= 0.6 is 0 Å². The van der Waals surface area contributed by atoms with E-state index in [0.717, 1.165) is 0 Å². The van der Waals surface area contributed by atoms with E-state index in [1.54, 1.807) is 0 Å². The Balaban J connectivity index is 2.24. The van der Waals surface area contributed by atoms with Crippen molar-refractivity contribution in [3.05, 3.63) is 113 Å². The molecule has 0 saturated carbocycles. The Morgan fingerprint density at radius 1 is 0.633 bits per heavy atom. The second-order valence-corrected chi connectivity index (χ2v) is 13.2. The molecule has 0 aliphatic heterocycles. The molecule has 1 atom stereocenters. The minimum Gasteiger partial charge on any atom is -0.0730 e. The molecule has 1 heteroatoms. The lowest BCUT2D eigenvalue weighted by Gasteiger charge is -2.48. The molecule has 0 fully saturated rings. The van der Waals surface area contributed by atoms with Crippen molar-refractivity contribution in [2.75, 3.05) is 0 Å². The van der Waals surface area contributed by atoms with E-state index >= 15 is 0 Å². The average molecular weight is 409 g/mol. The van der Waals surface area contributed by atoms with Crippen molar-refractivity contribution >= 4 is 23.6 Å². The van der Waals surface area contributed by atoms with Crippen LogP contribution in [0.15, 0.2) is 102 Å². The maximum absolute atomic E-state index is 2.58. The van der Waals surface area contributed by atoms with Gasteiger partial charge in [-0.25, -0.2) is 0 Å². The Bertz CT molecular complexity index is 1100. The van der Waals surface area contributed by atoms with Gasteiger partial charge in [-0.15, -0.1) is 0 Å². The van der Waals surface area contributed by atoms with Gasteiger partial charge in [-0.05, 0) is 66.9 Å². The predicted octanol–water partition coefficient (Wildman–Crippen LogP) is 5.83. The molecule has 30 heavy (non-hydrogen) atoms. The molecule has 0 saturated heterocycles. The van der Waals surface area contributed by atoms with Crippen molar-refractivity contribution in [2.24, 2.45) is 0 Å². The van der Waals surface area contributed by atoms with Crippen molar-refractivity contribution in [1.82, 2.24) is 0 Å². The molecule has 0 aromatic heterocycles. The zero-order valence-electron chi connectivity index (χ0n) is 19.1. The van der Waals surface area contributed by atoms with Gasteiger partial charge in [-0.3, -0.25) is 0 Å². The van der Waals surface area contributed by atoms with Crippen LogP contribution in [0.2, 0.25) is 5.04 Å². The highest BCUT2D eigenvalue weighted by Crippen LogP contribution is 2.52. The maximum Gasteiger partial charge on any atom is 0.162 e. The largest absolute Gasteiger partial charge is 0.162 e. The van der Waals surface area contributed by atoms with E-state index in [9.17, 15) is 0 Å². The quantitative estimate of drug-likeness (QED) is 0.376. The number of hydrogen-bond acceptors (Lipinski definition) is 0. The number of hydrogen-bond donors (Lipinski definition) is 0. The molecule has 3 aromatic carbocycles. The van der Waals surface area contributed by atoms with Gasteiger partial charge in [0.2, 0.25) is 0 Å². The fourth-order valence-electron chi connectivity index (χ4n) is 5.62. The molecule has 1 aliphatic carbocycles. The Kier molecular flexibility index (Phi) is 5.19. The Morgan fingerprint density at radius 2 is 1.17 bits per heavy atom. The van der Waals surface area contributed by atoms with E-state index in [-0.39, 0.29) is 5.04 Å². The summed E-state index contributed by atoms with van der Waals surface area (Å²) in [6.45, 7) is 14.0. The smallest absolute Gasteiger partial charge is 0.0730 e. The highest BCUT2D eigenvalue weighted by Gasteiger charge is 2.56. The van der Waals surface area contributed by atoms with E-state index in [4.69, 9.17) is 0 Å². The Morgan fingerprint density at radius 3 is 1.63 bits per heavy atom. The third-order valence-electron chi connectivity index (χ3n) is 7.64. The summed E-state index contributed by atoms with van der Waals surface area (Å²) in [5.41, 5.74) is 7.19. The monoisotopic (exact) mass is 408 g/mol. The van der Waals surface area contributed by atoms with Gasteiger partial charge >= 0.3 is 0 Å². The summed E-state index contributed by atoms with van der Waals surface area (Å²) in [7, 11) is -2.47. The molecular weight excluding hydrogens is 376 g/mol. The summed E-state index contributed by atoms with van der Waals surface area (Å²) >= 11 is 0. The number of aryl methyl sites for hydroxylation is 1. The van der Waals surface area contributed by atoms with Crippen LogP contribution in [0, 0.1) is 13.8 Å². The molecule has 1 unspecified atom stereocenters. The van der Waals surface area contributed by atoms with Crippen LogP contribution in [0.3, 0.4) is 0 Å². The first-order chi connectivity index (χ1) is 14.3. The van der Waals surface area contributed by atoms with Gasteiger partial charge < -0.3 is 0 Å². The molecule has 0 bridgehead atoms. The van der Waals surface area contributed by atoms with Crippen LogP contribution < -0.4 is 15.6 Å². The minimum atomic E-state index is -2.47. The first kappa shape index (κ1) is 20.6. The van der Waals surface area contributed by atoms with E-state index in [1.807, 2.05) is 0 Å². The van der Waals surface area contributed by atoms with Crippen molar-refractivity contribution in [1.29, 1.82) is 0 Å². The van der Waals surface area contributed by atoms with Crippen LogP contribution in [-0.2, 0) is 0 Å². The highest BCUT2D eigenvalue weighted by atomic mass is 28.3. The summed E-state index contributed by atoms with van der Waals surface area (Å²) in [5.74, 6) is 0. The summed E-state index contributed by atoms with van der Waals surface area (Å²) in [6, 6.07) is 29.5. The van der Waals surface area contributed by atoms with E-state index in [1.165, 1.54) is 43.4 Å². The third-order valence-corrected chi connectivity index (χ3v) is 13.5. The van der Waals surface area contributed by atoms with Crippen LogP contribution in [-0.4, -0.2) is 8.07 Å². The highest BCUT2D eigenvalue weighted by molar-refractivity contribution is 7.14. The third kappa shape index (κ3) is 2.80. The molecule has 4 rings (SSSR count). The SMILES string of the molecule is CC1=CC(C)([Si](c2ccccc2)(c2ccccc2)c2cccc(C)c2C)C(C)=C1C. The molecule has 0 radical (unpaired) electrons. The van der Waals surface area contributed by atoms with Crippen molar-refractivity contribution in [2.45, 2.75) is 46.6 Å². The lowest BCUT2D eigenvalue weighted by molar-refractivity contribution is 0.870. The molecule has 0 nitrogen and oxygen atoms in total. The van der Waals surface area contributed by atoms with Gasteiger partial charge in [0.15, 0.2) is 8.07 Å². The molecule has 0 N–H and O–H groups in total. The summed E-state index contributed by atoms with van der Waals surface area (Å²) in [4.78, 5) is 0. The molecule has 0 spiro atoms. The standard InChI is InChI=1S/C29H32Si/c1-21-14-13-19-28(24(21)4)30(26-15-9-7-10-16-26,27-17-11-8-12-18-27)29(6)20-22(2)23(3)25(29)5/h7-20H,1-6H3. The average Bonchev–Trinajstić information content (AvgIpc) is 2.96. The second-order valence-electron chi connectivity index (χ2n) is 9.01. The normalized spacial score (nSPS) is 19.2. The van der Waals surface area contributed by atoms with Crippen LogP contribution in [0.5, 0.6) is 0 Å². The van der Waals surface area contributed by atoms with Crippen molar-refractivity contribution < 1.29 is 0 Å². The first-order valence-electron chi connectivity index (χ1n) is 10.9. The number of benzene rings is 3. The fourth-order valence-corrected chi connectivity index (χ4v) is 12.0. The molecule has 0 amide bonds. The van der Waals surface area contributed by atoms with E-state index in [2.05, 4.69) is 126 Å². The fraction of sp³-hybridized carbons (Fsp3) is 0.241.